The number of rotatable bonds is 4. The summed E-state index contributed by atoms with van der Waals surface area (Å²) in [6.45, 7) is 0. The first kappa shape index (κ1) is 14.3. The van der Waals surface area contributed by atoms with Crippen molar-refractivity contribution in [1.82, 2.24) is 4.98 Å². The van der Waals surface area contributed by atoms with Crippen molar-refractivity contribution in [2.45, 2.75) is 12.5 Å². The average Bonchev–Trinajstić information content (AvgIpc) is 2.97. The summed E-state index contributed by atoms with van der Waals surface area (Å²) >= 11 is 7.81. The van der Waals surface area contributed by atoms with Crippen molar-refractivity contribution in [3.8, 4) is 10.6 Å². The van der Waals surface area contributed by atoms with E-state index in [1.807, 2.05) is 54.6 Å². The van der Waals surface area contributed by atoms with Crippen molar-refractivity contribution in [3.05, 3.63) is 76.3 Å². The van der Waals surface area contributed by atoms with Crippen LogP contribution in [0, 0.1) is 0 Å². The van der Waals surface area contributed by atoms with Gasteiger partial charge in [-0.25, -0.2) is 4.98 Å². The van der Waals surface area contributed by atoms with E-state index in [0.717, 1.165) is 33.3 Å². The largest absolute Gasteiger partial charge is 0.324 e. The van der Waals surface area contributed by atoms with Crippen molar-refractivity contribution in [2.24, 2.45) is 5.73 Å². The first-order valence-corrected chi connectivity index (χ1v) is 7.99. The maximum absolute atomic E-state index is 6.24. The second-order valence-electron chi connectivity index (χ2n) is 4.85. The van der Waals surface area contributed by atoms with Gasteiger partial charge in [0.15, 0.2) is 0 Å². The third-order valence-electron chi connectivity index (χ3n) is 3.31. The average molecular weight is 315 g/mol. The molecular formula is C17H15ClN2S. The maximum Gasteiger partial charge on any atom is 0.125 e. The Bertz CT molecular complexity index is 724. The van der Waals surface area contributed by atoms with E-state index < -0.39 is 0 Å². The molecule has 3 rings (SSSR count). The smallest absolute Gasteiger partial charge is 0.125 e. The zero-order valence-electron chi connectivity index (χ0n) is 11.4. The summed E-state index contributed by atoms with van der Waals surface area (Å²) in [6.07, 6.45) is 0.727. The fraction of sp³-hybridized carbons (Fsp3) is 0.118. The van der Waals surface area contributed by atoms with Gasteiger partial charge in [0.05, 0.1) is 10.7 Å². The Morgan fingerprint density at radius 2 is 1.76 bits per heavy atom. The van der Waals surface area contributed by atoms with Crippen molar-refractivity contribution in [2.75, 3.05) is 0 Å². The van der Waals surface area contributed by atoms with Crippen molar-refractivity contribution in [1.29, 1.82) is 0 Å². The van der Waals surface area contributed by atoms with Crippen LogP contribution >= 0.6 is 22.9 Å². The van der Waals surface area contributed by atoms with Crippen LogP contribution in [-0.2, 0) is 6.42 Å². The molecule has 3 aromatic rings. The standard InChI is InChI=1S/C17H15ClN2S/c18-15-9-5-4-8-14(15)17-20-13(11-21-17)10-16(19)12-6-2-1-3-7-12/h1-9,11,16H,10,19H2. The van der Waals surface area contributed by atoms with Crippen LogP contribution in [0.2, 0.25) is 5.02 Å². The Kier molecular flexibility index (Phi) is 4.34. The Morgan fingerprint density at radius 1 is 1.05 bits per heavy atom. The number of benzene rings is 2. The number of nitrogens with zero attached hydrogens (tertiary/aromatic N) is 1. The highest BCUT2D eigenvalue weighted by Crippen LogP contribution is 2.30. The van der Waals surface area contributed by atoms with Gasteiger partial charge in [0.1, 0.15) is 5.01 Å². The molecule has 1 unspecified atom stereocenters. The molecule has 106 valence electrons. The fourth-order valence-electron chi connectivity index (χ4n) is 2.20. The second kappa shape index (κ2) is 6.39. The van der Waals surface area contributed by atoms with Gasteiger partial charge in [0, 0.05) is 23.4 Å². The third-order valence-corrected chi connectivity index (χ3v) is 4.57. The lowest BCUT2D eigenvalue weighted by molar-refractivity contribution is 0.710. The maximum atomic E-state index is 6.24. The molecule has 0 amide bonds. The van der Waals surface area contributed by atoms with E-state index in [4.69, 9.17) is 17.3 Å². The minimum Gasteiger partial charge on any atom is -0.324 e. The molecule has 1 atom stereocenters. The lowest BCUT2D eigenvalue weighted by Gasteiger charge is -2.09. The summed E-state index contributed by atoms with van der Waals surface area (Å²) in [4.78, 5) is 4.66. The number of nitrogens with two attached hydrogens (primary N) is 1. The highest BCUT2D eigenvalue weighted by atomic mass is 35.5. The van der Waals surface area contributed by atoms with Gasteiger partial charge in [0.25, 0.3) is 0 Å². The van der Waals surface area contributed by atoms with Gasteiger partial charge in [-0.1, -0.05) is 60.1 Å². The summed E-state index contributed by atoms with van der Waals surface area (Å²) in [7, 11) is 0. The minimum absolute atomic E-state index is 0.0348. The predicted molar refractivity (Wildman–Crippen MR) is 89.6 cm³/mol. The summed E-state index contributed by atoms with van der Waals surface area (Å²) in [6, 6.07) is 17.8. The van der Waals surface area contributed by atoms with E-state index in [-0.39, 0.29) is 6.04 Å². The second-order valence-corrected chi connectivity index (χ2v) is 6.11. The lowest BCUT2D eigenvalue weighted by Crippen LogP contribution is -2.13. The monoisotopic (exact) mass is 314 g/mol. The third kappa shape index (κ3) is 3.32. The number of hydrogen-bond acceptors (Lipinski definition) is 3. The van der Waals surface area contributed by atoms with Crippen molar-refractivity contribution < 1.29 is 0 Å². The molecule has 2 N–H and O–H groups in total. The molecule has 21 heavy (non-hydrogen) atoms. The summed E-state index contributed by atoms with van der Waals surface area (Å²) in [5.74, 6) is 0. The molecule has 0 fully saturated rings. The first-order valence-electron chi connectivity index (χ1n) is 6.74. The van der Waals surface area contributed by atoms with Crippen molar-refractivity contribution in [3.63, 3.8) is 0 Å². The van der Waals surface area contributed by atoms with Crippen LogP contribution < -0.4 is 5.73 Å². The van der Waals surface area contributed by atoms with E-state index in [1.54, 1.807) is 11.3 Å². The number of thiazole rings is 1. The van der Waals surface area contributed by atoms with Crippen LogP contribution in [0.5, 0.6) is 0 Å². The van der Waals surface area contributed by atoms with Crippen LogP contribution in [0.15, 0.2) is 60.0 Å². The highest BCUT2D eigenvalue weighted by Gasteiger charge is 2.12. The quantitative estimate of drug-likeness (QED) is 0.757. The zero-order chi connectivity index (χ0) is 14.7. The zero-order valence-corrected chi connectivity index (χ0v) is 12.9. The van der Waals surface area contributed by atoms with E-state index >= 15 is 0 Å². The molecule has 2 aromatic carbocycles. The normalized spacial score (nSPS) is 12.3. The molecule has 0 aliphatic carbocycles. The van der Waals surface area contributed by atoms with Gasteiger partial charge in [-0.3, -0.25) is 0 Å². The number of hydrogen-bond donors (Lipinski definition) is 1. The minimum atomic E-state index is -0.0348. The van der Waals surface area contributed by atoms with Crippen LogP contribution in [0.4, 0.5) is 0 Å². The van der Waals surface area contributed by atoms with Gasteiger partial charge in [0.2, 0.25) is 0 Å². The number of halogens is 1. The van der Waals surface area contributed by atoms with Gasteiger partial charge < -0.3 is 5.73 Å². The lowest BCUT2D eigenvalue weighted by atomic mass is 10.0. The Hall–Kier alpha value is -1.68. The Balaban J connectivity index is 1.78. The first-order chi connectivity index (χ1) is 10.2. The van der Waals surface area contributed by atoms with Crippen LogP contribution in [0.1, 0.15) is 17.3 Å². The molecule has 1 aromatic heterocycles. The molecular weight excluding hydrogens is 300 g/mol. The molecule has 0 radical (unpaired) electrons. The molecule has 0 saturated heterocycles. The molecule has 1 heterocycles. The topological polar surface area (TPSA) is 38.9 Å². The Morgan fingerprint density at radius 3 is 2.52 bits per heavy atom. The molecule has 0 aliphatic rings. The van der Waals surface area contributed by atoms with E-state index in [9.17, 15) is 0 Å². The molecule has 0 aliphatic heterocycles. The van der Waals surface area contributed by atoms with E-state index in [1.165, 1.54) is 0 Å². The molecule has 0 saturated carbocycles. The Labute approximate surface area is 133 Å². The van der Waals surface area contributed by atoms with Gasteiger partial charge in [-0.15, -0.1) is 11.3 Å². The highest BCUT2D eigenvalue weighted by molar-refractivity contribution is 7.13. The SMILES string of the molecule is NC(Cc1csc(-c2ccccc2Cl)n1)c1ccccc1. The molecule has 0 spiro atoms. The predicted octanol–water partition coefficient (Wildman–Crippen LogP) is 4.71. The molecule has 2 nitrogen and oxygen atoms in total. The van der Waals surface area contributed by atoms with Crippen molar-refractivity contribution >= 4 is 22.9 Å². The summed E-state index contributed by atoms with van der Waals surface area (Å²) in [5, 5.41) is 3.73. The summed E-state index contributed by atoms with van der Waals surface area (Å²) in [5.41, 5.74) is 9.35. The van der Waals surface area contributed by atoms with Crippen LogP contribution in [-0.4, -0.2) is 4.98 Å². The van der Waals surface area contributed by atoms with Gasteiger partial charge in [-0.05, 0) is 11.6 Å². The van der Waals surface area contributed by atoms with Crippen LogP contribution in [0.25, 0.3) is 10.6 Å². The summed E-state index contributed by atoms with van der Waals surface area (Å²) < 4.78 is 0. The van der Waals surface area contributed by atoms with E-state index in [2.05, 4.69) is 10.4 Å². The number of aromatic nitrogens is 1. The van der Waals surface area contributed by atoms with Crippen LogP contribution in [0.3, 0.4) is 0 Å². The fourth-order valence-corrected chi connectivity index (χ4v) is 3.36. The van der Waals surface area contributed by atoms with Gasteiger partial charge >= 0.3 is 0 Å². The molecule has 4 heteroatoms. The molecule has 0 bridgehead atoms. The van der Waals surface area contributed by atoms with Gasteiger partial charge in [-0.2, -0.15) is 0 Å². The van der Waals surface area contributed by atoms with E-state index in [0.29, 0.717) is 0 Å².